The van der Waals surface area contributed by atoms with E-state index in [1.165, 1.54) is 24.3 Å². The van der Waals surface area contributed by atoms with Gasteiger partial charge in [-0.1, -0.05) is 12.1 Å². The number of primary amides is 1. The van der Waals surface area contributed by atoms with Crippen LogP contribution in [0.2, 0.25) is 0 Å². The Hall–Kier alpha value is -1.80. The van der Waals surface area contributed by atoms with E-state index in [4.69, 9.17) is 10.5 Å². The number of amides is 1. The maximum atomic E-state index is 12.1. The number of carbonyl (C=O) groups is 1. The van der Waals surface area contributed by atoms with Crippen molar-refractivity contribution < 1.29 is 27.4 Å². The first-order chi connectivity index (χ1) is 10.3. The van der Waals surface area contributed by atoms with Crippen molar-refractivity contribution in [3.05, 3.63) is 29.8 Å². The fourth-order valence-electron chi connectivity index (χ4n) is 2.50. The van der Waals surface area contributed by atoms with Gasteiger partial charge in [0, 0.05) is 13.1 Å². The van der Waals surface area contributed by atoms with Crippen LogP contribution in [-0.4, -0.2) is 42.5 Å². The van der Waals surface area contributed by atoms with Crippen molar-refractivity contribution in [2.75, 3.05) is 13.2 Å². The van der Waals surface area contributed by atoms with Gasteiger partial charge in [-0.3, -0.25) is 9.69 Å². The topological polar surface area (TPSA) is 64.8 Å². The van der Waals surface area contributed by atoms with Gasteiger partial charge >= 0.3 is 6.36 Å². The molecule has 1 heterocycles. The third-order valence-corrected chi connectivity index (χ3v) is 3.43. The van der Waals surface area contributed by atoms with E-state index in [0.717, 1.165) is 5.56 Å². The van der Waals surface area contributed by atoms with Crippen LogP contribution in [0, 0.1) is 0 Å². The largest absolute Gasteiger partial charge is 0.573 e. The average molecular weight is 318 g/mol. The molecular formula is C14H17F3N2O3. The fraction of sp³-hybridized carbons (Fsp3) is 0.500. The van der Waals surface area contributed by atoms with Crippen LogP contribution in [-0.2, 0) is 16.1 Å². The minimum absolute atomic E-state index is 0.280. The van der Waals surface area contributed by atoms with Gasteiger partial charge in [0.15, 0.2) is 0 Å². The number of ether oxygens (including phenoxy) is 2. The molecule has 122 valence electrons. The zero-order chi connectivity index (χ0) is 16.3. The second-order valence-corrected chi connectivity index (χ2v) is 5.09. The third-order valence-electron chi connectivity index (χ3n) is 3.43. The van der Waals surface area contributed by atoms with Crippen molar-refractivity contribution >= 4 is 5.91 Å². The monoisotopic (exact) mass is 318 g/mol. The van der Waals surface area contributed by atoms with E-state index in [2.05, 4.69) is 4.74 Å². The standard InChI is InChI=1S/C14H17F3N2O3/c1-9-12(13(18)20)19(6-7-21-9)8-10-2-4-11(5-3-10)22-14(15,16)17/h2-5,9,12H,6-8H2,1H3,(H2,18,20)/t9-,12+/m1/s1. The van der Waals surface area contributed by atoms with E-state index in [0.29, 0.717) is 19.7 Å². The zero-order valence-electron chi connectivity index (χ0n) is 12.0. The smallest absolute Gasteiger partial charge is 0.406 e. The number of morpholine rings is 1. The molecule has 0 saturated carbocycles. The molecule has 5 nitrogen and oxygen atoms in total. The highest BCUT2D eigenvalue weighted by atomic mass is 19.4. The number of halogens is 3. The maximum absolute atomic E-state index is 12.1. The normalized spacial score (nSPS) is 23.3. The Labute approximate surface area is 125 Å². The number of alkyl halides is 3. The van der Waals surface area contributed by atoms with Crippen LogP contribution in [0.1, 0.15) is 12.5 Å². The SMILES string of the molecule is C[C@H]1OCCN(Cc2ccc(OC(F)(F)F)cc2)[C@@H]1C(N)=O. The van der Waals surface area contributed by atoms with E-state index in [9.17, 15) is 18.0 Å². The maximum Gasteiger partial charge on any atom is 0.573 e. The highest BCUT2D eigenvalue weighted by Gasteiger charge is 2.34. The Balaban J connectivity index is 2.04. The summed E-state index contributed by atoms with van der Waals surface area (Å²) in [5, 5.41) is 0. The molecule has 0 spiro atoms. The molecule has 1 fully saturated rings. The van der Waals surface area contributed by atoms with Gasteiger partial charge in [0.1, 0.15) is 11.8 Å². The lowest BCUT2D eigenvalue weighted by molar-refractivity contribution is -0.274. The molecule has 1 aliphatic rings. The predicted molar refractivity (Wildman–Crippen MR) is 71.9 cm³/mol. The Morgan fingerprint density at radius 3 is 2.59 bits per heavy atom. The fourth-order valence-corrected chi connectivity index (χ4v) is 2.50. The summed E-state index contributed by atoms with van der Waals surface area (Å²) in [6.45, 7) is 3.16. The molecule has 1 aromatic rings. The van der Waals surface area contributed by atoms with Gasteiger partial charge in [0.05, 0.1) is 12.7 Å². The number of hydrogen-bond donors (Lipinski definition) is 1. The van der Waals surface area contributed by atoms with Crippen molar-refractivity contribution in [1.29, 1.82) is 0 Å². The number of nitrogens with two attached hydrogens (primary N) is 1. The Morgan fingerprint density at radius 1 is 1.41 bits per heavy atom. The van der Waals surface area contributed by atoms with Crippen molar-refractivity contribution in [2.45, 2.75) is 32.0 Å². The lowest BCUT2D eigenvalue weighted by atomic mass is 10.1. The first-order valence-corrected chi connectivity index (χ1v) is 6.76. The highest BCUT2D eigenvalue weighted by molar-refractivity contribution is 5.80. The van der Waals surface area contributed by atoms with E-state index >= 15 is 0 Å². The summed E-state index contributed by atoms with van der Waals surface area (Å²) < 4.78 is 45.5. The molecule has 0 aromatic heterocycles. The lowest BCUT2D eigenvalue weighted by Gasteiger charge is -2.37. The van der Waals surface area contributed by atoms with Gasteiger partial charge in [0.2, 0.25) is 5.91 Å². The first-order valence-electron chi connectivity index (χ1n) is 6.76. The molecule has 22 heavy (non-hydrogen) atoms. The molecule has 1 amide bonds. The van der Waals surface area contributed by atoms with Gasteiger partial charge < -0.3 is 15.2 Å². The molecule has 0 aliphatic carbocycles. The minimum Gasteiger partial charge on any atom is -0.406 e. The number of carbonyl (C=O) groups excluding carboxylic acids is 1. The van der Waals surface area contributed by atoms with Crippen LogP contribution < -0.4 is 10.5 Å². The molecule has 2 rings (SSSR count). The first kappa shape index (κ1) is 16.6. The van der Waals surface area contributed by atoms with Gasteiger partial charge in [-0.15, -0.1) is 13.2 Å². The van der Waals surface area contributed by atoms with Crippen LogP contribution in [0.4, 0.5) is 13.2 Å². The van der Waals surface area contributed by atoms with Crippen LogP contribution in [0.25, 0.3) is 0 Å². The Kier molecular flexibility index (Phi) is 4.92. The number of rotatable bonds is 4. The van der Waals surface area contributed by atoms with Gasteiger partial charge in [0.25, 0.3) is 0 Å². The van der Waals surface area contributed by atoms with Crippen LogP contribution in [0.3, 0.4) is 0 Å². The molecule has 0 radical (unpaired) electrons. The third kappa shape index (κ3) is 4.35. The molecule has 0 bridgehead atoms. The molecule has 1 aromatic carbocycles. The summed E-state index contributed by atoms with van der Waals surface area (Å²) in [4.78, 5) is 13.4. The number of nitrogens with zero attached hydrogens (tertiary/aromatic N) is 1. The van der Waals surface area contributed by atoms with Gasteiger partial charge in [-0.25, -0.2) is 0 Å². The van der Waals surface area contributed by atoms with E-state index in [-0.39, 0.29) is 11.9 Å². The molecular weight excluding hydrogens is 301 g/mol. The number of hydrogen-bond acceptors (Lipinski definition) is 4. The predicted octanol–water partition coefficient (Wildman–Crippen LogP) is 1.66. The van der Waals surface area contributed by atoms with Gasteiger partial charge in [-0.05, 0) is 24.6 Å². The summed E-state index contributed by atoms with van der Waals surface area (Å²) in [6, 6.07) is 4.98. The summed E-state index contributed by atoms with van der Waals surface area (Å²) in [7, 11) is 0. The summed E-state index contributed by atoms with van der Waals surface area (Å²) >= 11 is 0. The zero-order valence-corrected chi connectivity index (χ0v) is 12.0. The van der Waals surface area contributed by atoms with E-state index < -0.39 is 18.3 Å². The summed E-state index contributed by atoms with van der Waals surface area (Å²) in [5.41, 5.74) is 6.15. The van der Waals surface area contributed by atoms with Crippen molar-refractivity contribution in [2.24, 2.45) is 5.73 Å². The summed E-state index contributed by atoms with van der Waals surface area (Å²) in [5.74, 6) is -0.762. The molecule has 2 N–H and O–H groups in total. The summed E-state index contributed by atoms with van der Waals surface area (Å²) in [6.07, 6.45) is -5.03. The van der Waals surface area contributed by atoms with E-state index in [1.54, 1.807) is 6.92 Å². The Bertz CT molecular complexity index is 519. The van der Waals surface area contributed by atoms with Crippen molar-refractivity contribution in [3.8, 4) is 5.75 Å². The Morgan fingerprint density at radius 2 is 2.05 bits per heavy atom. The average Bonchev–Trinajstić information content (AvgIpc) is 2.39. The van der Waals surface area contributed by atoms with Crippen LogP contribution >= 0.6 is 0 Å². The second kappa shape index (κ2) is 6.53. The highest BCUT2D eigenvalue weighted by Crippen LogP contribution is 2.24. The molecule has 1 saturated heterocycles. The second-order valence-electron chi connectivity index (χ2n) is 5.09. The minimum atomic E-state index is -4.71. The quantitative estimate of drug-likeness (QED) is 0.917. The van der Waals surface area contributed by atoms with Gasteiger partial charge in [-0.2, -0.15) is 0 Å². The molecule has 0 unspecified atom stereocenters. The lowest BCUT2D eigenvalue weighted by Crippen LogP contribution is -2.56. The van der Waals surface area contributed by atoms with Crippen molar-refractivity contribution in [3.63, 3.8) is 0 Å². The molecule has 1 aliphatic heterocycles. The molecule has 8 heteroatoms. The number of benzene rings is 1. The molecule has 2 atom stereocenters. The van der Waals surface area contributed by atoms with E-state index in [1.807, 2.05) is 4.90 Å². The van der Waals surface area contributed by atoms with Crippen LogP contribution in [0.5, 0.6) is 5.75 Å². The van der Waals surface area contributed by atoms with Crippen molar-refractivity contribution in [1.82, 2.24) is 4.90 Å². The van der Waals surface area contributed by atoms with Crippen LogP contribution in [0.15, 0.2) is 24.3 Å².